The van der Waals surface area contributed by atoms with Crippen LogP contribution in [0.25, 0.3) is 0 Å². The molecule has 106 valence electrons. The molecule has 2 fully saturated rings. The van der Waals surface area contributed by atoms with Crippen molar-refractivity contribution < 1.29 is 4.79 Å². The monoisotopic (exact) mass is 262 g/mol. The highest BCUT2D eigenvalue weighted by molar-refractivity contribution is 5.85. The summed E-state index contributed by atoms with van der Waals surface area (Å²) in [6, 6.07) is 2.56. The first-order valence-electron chi connectivity index (χ1n) is 7.72. The second-order valence-corrected chi connectivity index (χ2v) is 7.01. The Balaban J connectivity index is 2.05. The molecular formula is C16H26N2O. The minimum atomic E-state index is -0.744. The van der Waals surface area contributed by atoms with E-state index in [-0.39, 0.29) is 17.4 Å². The number of hydrogen-bond donors (Lipinski definition) is 1. The third-order valence-electron chi connectivity index (χ3n) is 5.17. The highest BCUT2D eigenvalue weighted by Crippen LogP contribution is 2.39. The molecule has 2 saturated carbocycles. The normalized spacial score (nSPS) is 29.2. The Kier molecular flexibility index (Phi) is 4.18. The first-order valence-corrected chi connectivity index (χ1v) is 7.72. The van der Waals surface area contributed by atoms with E-state index in [1.165, 1.54) is 12.8 Å². The number of hydrogen-bond acceptors (Lipinski definition) is 2. The van der Waals surface area contributed by atoms with Crippen LogP contribution in [-0.2, 0) is 4.79 Å². The third kappa shape index (κ3) is 2.94. The first kappa shape index (κ1) is 14.4. The van der Waals surface area contributed by atoms with Crippen LogP contribution in [0.3, 0.4) is 0 Å². The Hall–Kier alpha value is -1.04. The average Bonchev–Trinajstić information content (AvgIpc) is 2.41. The Morgan fingerprint density at radius 1 is 1.11 bits per heavy atom. The van der Waals surface area contributed by atoms with Gasteiger partial charge in [-0.3, -0.25) is 4.79 Å². The van der Waals surface area contributed by atoms with Crippen LogP contribution >= 0.6 is 0 Å². The molecule has 0 radical (unpaired) electrons. The van der Waals surface area contributed by atoms with E-state index in [0.717, 1.165) is 44.9 Å². The van der Waals surface area contributed by atoms with Crippen LogP contribution in [0.4, 0.5) is 0 Å². The second kappa shape index (κ2) is 5.53. The van der Waals surface area contributed by atoms with Crippen molar-refractivity contribution in [1.29, 1.82) is 5.26 Å². The maximum Gasteiger partial charge on any atom is 0.240 e. The number of nitriles is 1. The average molecular weight is 262 g/mol. The minimum absolute atomic E-state index is 0.00493. The van der Waals surface area contributed by atoms with Crippen LogP contribution in [0.5, 0.6) is 0 Å². The van der Waals surface area contributed by atoms with Crippen LogP contribution in [0.1, 0.15) is 71.6 Å². The summed E-state index contributed by atoms with van der Waals surface area (Å²) in [6.07, 6.45) is 9.31. The summed E-state index contributed by atoms with van der Waals surface area (Å²) in [5.74, 6) is -0.00493. The molecule has 19 heavy (non-hydrogen) atoms. The molecule has 2 aliphatic carbocycles. The fraction of sp³-hybridized carbons (Fsp3) is 0.875. The molecule has 0 aromatic rings. The topological polar surface area (TPSA) is 52.9 Å². The summed E-state index contributed by atoms with van der Waals surface area (Å²) in [5, 5.41) is 12.7. The molecule has 0 aliphatic heterocycles. The van der Waals surface area contributed by atoms with Gasteiger partial charge in [0.1, 0.15) is 5.41 Å². The lowest BCUT2D eigenvalue weighted by Crippen LogP contribution is -2.52. The molecule has 0 saturated heterocycles. The predicted octanol–water partition coefficient (Wildman–Crippen LogP) is 3.55. The van der Waals surface area contributed by atoms with Gasteiger partial charge in [0.15, 0.2) is 0 Å². The molecule has 1 atom stereocenters. The smallest absolute Gasteiger partial charge is 0.240 e. The number of carbonyl (C=O) groups excluding carboxylic acids is 1. The van der Waals surface area contributed by atoms with Crippen LogP contribution in [0.2, 0.25) is 0 Å². The van der Waals surface area contributed by atoms with E-state index in [4.69, 9.17) is 0 Å². The lowest BCUT2D eigenvalue weighted by Gasteiger charge is -2.41. The highest BCUT2D eigenvalue weighted by Gasteiger charge is 2.42. The third-order valence-corrected chi connectivity index (χ3v) is 5.17. The molecule has 1 amide bonds. The zero-order valence-electron chi connectivity index (χ0n) is 12.3. The van der Waals surface area contributed by atoms with Crippen molar-refractivity contribution >= 4 is 5.91 Å². The van der Waals surface area contributed by atoms with Gasteiger partial charge in [-0.1, -0.05) is 46.0 Å². The molecule has 3 nitrogen and oxygen atoms in total. The molecule has 0 aromatic carbocycles. The molecule has 3 heteroatoms. The lowest BCUT2D eigenvalue weighted by molar-refractivity contribution is -0.131. The van der Waals surface area contributed by atoms with Gasteiger partial charge >= 0.3 is 0 Å². The summed E-state index contributed by atoms with van der Waals surface area (Å²) >= 11 is 0. The number of nitrogens with one attached hydrogen (secondary N) is 1. The number of carbonyl (C=O) groups is 1. The van der Waals surface area contributed by atoms with E-state index in [9.17, 15) is 10.1 Å². The van der Waals surface area contributed by atoms with Gasteiger partial charge in [0.25, 0.3) is 0 Å². The van der Waals surface area contributed by atoms with Gasteiger partial charge in [-0.15, -0.1) is 0 Å². The fourth-order valence-electron chi connectivity index (χ4n) is 3.60. The molecule has 0 aromatic heterocycles. The quantitative estimate of drug-likeness (QED) is 0.827. The van der Waals surface area contributed by atoms with Gasteiger partial charge in [0, 0.05) is 6.04 Å². The van der Waals surface area contributed by atoms with Crippen molar-refractivity contribution in [3.8, 4) is 6.07 Å². The van der Waals surface area contributed by atoms with Crippen molar-refractivity contribution in [2.75, 3.05) is 0 Å². The zero-order valence-corrected chi connectivity index (χ0v) is 12.3. The minimum Gasteiger partial charge on any atom is -0.351 e. The molecule has 1 unspecified atom stereocenters. The molecule has 2 rings (SSSR count). The van der Waals surface area contributed by atoms with Crippen LogP contribution in [-0.4, -0.2) is 11.9 Å². The van der Waals surface area contributed by atoms with Gasteiger partial charge in [-0.2, -0.15) is 5.26 Å². The second-order valence-electron chi connectivity index (χ2n) is 7.01. The predicted molar refractivity (Wildman–Crippen MR) is 75.3 cm³/mol. The summed E-state index contributed by atoms with van der Waals surface area (Å²) < 4.78 is 0. The Morgan fingerprint density at radius 2 is 1.74 bits per heavy atom. The molecule has 1 N–H and O–H groups in total. The molecule has 0 heterocycles. The molecule has 0 bridgehead atoms. The molecule has 0 spiro atoms. The molecular weight excluding hydrogens is 236 g/mol. The largest absolute Gasteiger partial charge is 0.351 e. The van der Waals surface area contributed by atoms with Crippen molar-refractivity contribution in [2.24, 2.45) is 10.8 Å². The maximum atomic E-state index is 12.6. The first-order chi connectivity index (χ1) is 9.00. The summed E-state index contributed by atoms with van der Waals surface area (Å²) in [7, 11) is 0. The van der Waals surface area contributed by atoms with E-state index in [2.05, 4.69) is 25.2 Å². The van der Waals surface area contributed by atoms with Gasteiger partial charge in [0.05, 0.1) is 6.07 Å². The summed E-state index contributed by atoms with van der Waals surface area (Å²) in [6.45, 7) is 4.47. The zero-order chi connectivity index (χ0) is 13.9. The Morgan fingerprint density at radius 3 is 2.32 bits per heavy atom. The van der Waals surface area contributed by atoms with Crippen molar-refractivity contribution in [3.63, 3.8) is 0 Å². The van der Waals surface area contributed by atoms with E-state index in [1.54, 1.807) is 0 Å². The summed E-state index contributed by atoms with van der Waals surface area (Å²) in [4.78, 5) is 12.6. The lowest BCUT2D eigenvalue weighted by atomic mass is 9.71. The standard InChI is InChI=1S/C16H26N2O/c1-15(2)9-7-4-8-13(15)18-14(19)16(12-17)10-5-3-6-11-16/h13H,3-11H2,1-2H3,(H,18,19). The Bertz CT molecular complexity index is 375. The van der Waals surface area contributed by atoms with Crippen molar-refractivity contribution in [2.45, 2.75) is 77.7 Å². The van der Waals surface area contributed by atoms with E-state index in [0.29, 0.717) is 0 Å². The number of nitrogens with zero attached hydrogens (tertiary/aromatic N) is 1. The molecule has 2 aliphatic rings. The highest BCUT2D eigenvalue weighted by atomic mass is 16.2. The SMILES string of the molecule is CC1(C)CCCCC1NC(=O)C1(C#N)CCCCC1. The van der Waals surface area contributed by atoms with E-state index >= 15 is 0 Å². The Labute approximate surface area is 116 Å². The fourth-order valence-corrected chi connectivity index (χ4v) is 3.60. The van der Waals surface area contributed by atoms with Crippen molar-refractivity contribution in [3.05, 3.63) is 0 Å². The van der Waals surface area contributed by atoms with Crippen LogP contribution in [0, 0.1) is 22.2 Å². The number of amides is 1. The van der Waals surface area contributed by atoms with Crippen molar-refractivity contribution in [1.82, 2.24) is 5.32 Å². The van der Waals surface area contributed by atoms with E-state index < -0.39 is 5.41 Å². The van der Waals surface area contributed by atoms with Gasteiger partial charge in [-0.25, -0.2) is 0 Å². The van der Waals surface area contributed by atoms with Gasteiger partial charge < -0.3 is 5.32 Å². The number of rotatable bonds is 2. The van der Waals surface area contributed by atoms with Gasteiger partial charge in [0.2, 0.25) is 5.91 Å². The van der Waals surface area contributed by atoms with Gasteiger partial charge in [-0.05, 0) is 31.1 Å². The van der Waals surface area contributed by atoms with Crippen LogP contribution in [0.15, 0.2) is 0 Å². The summed E-state index contributed by atoms with van der Waals surface area (Å²) in [5.41, 5.74) is -0.578. The van der Waals surface area contributed by atoms with Crippen LogP contribution < -0.4 is 5.32 Å². The van der Waals surface area contributed by atoms with E-state index in [1.807, 2.05) is 0 Å². The maximum absolute atomic E-state index is 12.6.